The number of hydrogen-bond acceptors (Lipinski definition) is 9. The number of carbonyl (C=O) groups excluding carboxylic acids is 1. The zero-order chi connectivity index (χ0) is 34.7. The quantitative estimate of drug-likeness (QED) is 0.252. The van der Waals surface area contributed by atoms with Crippen LogP contribution in [0, 0.1) is 11.6 Å². The first kappa shape index (κ1) is 33.1. The minimum Gasteiger partial charge on any atom is -0.508 e. The summed E-state index contributed by atoms with van der Waals surface area (Å²) in [5, 5.41) is 14.6. The van der Waals surface area contributed by atoms with Crippen LogP contribution in [0.25, 0.3) is 32.9 Å². The molecule has 13 heteroatoms. The van der Waals surface area contributed by atoms with Crippen molar-refractivity contribution < 1.29 is 32.5 Å². The Morgan fingerprint density at radius 3 is 2.80 bits per heavy atom. The Morgan fingerprint density at radius 1 is 1.22 bits per heavy atom. The lowest BCUT2D eigenvalue weighted by Crippen LogP contribution is -2.60. The van der Waals surface area contributed by atoms with Crippen molar-refractivity contribution in [2.24, 2.45) is 0 Å². The van der Waals surface area contributed by atoms with E-state index in [1.807, 2.05) is 0 Å². The van der Waals surface area contributed by atoms with E-state index in [2.05, 4.69) is 41.1 Å². The fraction of sp³-hybridized carbons (Fsp3) is 0.500. The van der Waals surface area contributed by atoms with Gasteiger partial charge in [0.15, 0.2) is 5.82 Å². The first-order valence-corrected chi connectivity index (χ1v) is 16.9. The lowest BCUT2D eigenvalue weighted by molar-refractivity contribution is 0.0702. The maximum absolute atomic E-state index is 17.0. The molecule has 49 heavy (non-hydrogen) atoms. The van der Waals surface area contributed by atoms with Gasteiger partial charge in [0.1, 0.15) is 41.4 Å². The number of alkyl halides is 1. The Hall–Kier alpha value is -4.39. The summed E-state index contributed by atoms with van der Waals surface area (Å²) >= 11 is 0. The van der Waals surface area contributed by atoms with Gasteiger partial charge in [-0.05, 0) is 87.5 Å². The molecule has 0 saturated carbocycles. The number of piperidine rings is 1. The third-order valence-corrected chi connectivity index (χ3v) is 10.8. The van der Waals surface area contributed by atoms with Crippen LogP contribution in [0.15, 0.2) is 30.5 Å². The van der Waals surface area contributed by atoms with Gasteiger partial charge < -0.3 is 24.8 Å². The average Bonchev–Trinajstić information content (AvgIpc) is 3.34. The molecule has 1 amide bonds. The van der Waals surface area contributed by atoms with Crippen LogP contribution < -0.4 is 15.0 Å². The molecule has 2 N–H and O–H groups in total. The SMILES string of the molecule is CCC1(COc2nc3c4cnc(c(F)c4n2)-c2cc(O)cc4ccc(F)c(c24)CCCOC(=O)NC2(C)CC(F)CN3C2)CCC(C)N1C. The van der Waals surface area contributed by atoms with E-state index in [1.165, 1.54) is 30.5 Å². The molecule has 4 unspecified atom stereocenters. The topological polar surface area (TPSA) is 113 Å². The van der Waals surface area contributed by atoms with Crippen LogP contribution in [-0.4, -0.2) is 87.7 Å². The molecule has 0 radical (unpaired) electrons. The number of alkyl carbamates (subject to hydrolysis) is 1. The minimum absolute atomic E-state index is 0.0251. The molecule has 4 aliphatic heterocycles. The number of anilines is 1. The second-order valence-corrected chi connectivity index (χ2v) is 14.1. The number of fused-ring (bicyclic) bond motifs is 6. The Kier molecular flexibility index (Phi) is 8.45. The van der Waals surface area contributed by atoms with E-state index < -0.39 is 29.4 Å². The largest absolute Gasteiger partial charge is 0.508 e. The molecular formula is C36H41F3N6O4. The predicted octanol–water partition coefficient (Wildman–Crippen LogP) is 6.45. The number of rotatable bonds is 4. The van der Waals surface area contributed by atoms with Crippen LogP contribution in [0.3, 0.4) is 0 Å². The molecule has 2 saturated heterocycles. The lowest BCUT2D eigenvalue weighted by Gasteiger charge is -2.42. The molecule has 2 fully saturated rings. The van der Waals surface area contributed by atoms with Crippen molar-refractivity contribution in [3.05, 3.63) is 47.7 Å². The van der Waals surface area contributed by atoms with Crippen LogP contribution in [0.5, 0.6) is 11.8 Å². The van der Waals surface area contributed by atoms with Gasteiger partial charge in [-0.15, -0.1) is 0 Å². The number of benzene rings is 2. The van der Waals surface area contributed by atoms with Gasteiger partial charge in [0.2, 0.25) is 0 Å². The van der Waals surface area contributed by atoms with E-state index in [0.717, 1.165) is 19.3 Å². The van der Waals surface area contributed by atoms with Crippen LogP contribution >= 0.6 is 0 Å². The first-order valence-electron chi connectivity index (χ1n) is 16.9. The molecule has 4 aromatic rings. The van der Waals surface area contributed by atoms with E-state index >= 15 is 13.2 Å². The summed E-state index contributed by atoms with van der Waals surface area (Å²) in [4.78, 5) is 30.7. The molecule has 6 bridgehead atoms. The number of ether oxygens (including phenoxy) is 2. The Labute approximate surface area is 282 Å². The smallest absolute Gasteiger partial charge is 0.407 e. The van der Waals surface area contributed by atoms with E-state index in [-0.39, 0.29) is 96.4 Å². The summed E-state index contributed by atoms with van der Waals surface area (Å²) in [5.74, 6) is -1.29. The van der Waals surface area contributed by atoms with E-state index in [0.29, 0.717) is 16.8 Å². The number of carbonyl (C=O) groups is 1. The fourth-order valence-corrected chi connectivity index (χ4v) is 7.95. The van der Waals surface area contributed by atoms with Crippen LogP contribution in [0.4, 0.5) is 23.8 Å². The highest BCUT2D eigenvalue weighted by molar-refractivity contribution is 6.01. The first-order chi connectivity index (χ1) is 23.4. The molecule has 10 nitrogen and oxygen atoms in total. The number of nitrogens with zero attached hydrogens (tertiary/aromatic N) is 5. The minimum atomic E-state index is -1.36. The normalized spacial score (nSPS) is 26.3. The number of likely N-dealkylation sites (tertiary alicyclic amines) is 1. The summed E-state index contributed by atoms with van der Waals surface area (Å²) in [7, 11) is 2.07. The van der Waals surface area contributed by atoms with Gasteiger partial charge in [-0.2, -0.15) is 9.97 Å². The summed E-state index contributed by atoms with van der Waals surface area (Å²) in [6.07, 6.45) is 2.49. The summed E-state index contributed by atoms with van der Waals surface area (Å²) in [6, 6.07) is 5.91. The number of likely N-dealkylation sites (N-methyl/N-ethyl adjacent to an activating group) is 1. The number of hydrogen-bond donors (Lipinski definition) is 2. The average molecular weight is 679 g/mol. The molecule has 2 aromatic heterocycles. The number of aromatic hydroxyl groups is 1. The Bertz CT molecular complexity index is 1950. The Balaban J connectivity index is 1.44. The van der Waals surface area contributed by atoms with Crippen molar-refractivity contribution in [1.82, 2.24) is 25.2 Å². The predicted molar refractivity (Wildman–Crippen MR) is 180 cm³/mol. The standard InChI is InChI=1S/C36H41F3N6O4/c1-5-36(11-10-20(2)44(36)4)19-49-33-41-31-26-16-40-30(29(31)39)25-14-23(46)13-21-8-9-27(38)24(28(21)25)7-6-12-48-34(47)43-35(3)15-22(37)17-45(18-35)32(26)42-33/h8-9,13-14,16,20,22,46H,5-7,10-12,15,17-19H2,1-4H3,(H,43,47). The highest BCUT2D eigenvalue weighted by Gasteiger charge is 2.43. The van der Waals surface area contributed by atoms with Gasteiger partial charge in [-0.1, -0.05) is 13.0 Å². The third-order valence-electron chi connectivity index (χ3n) is 10.8. The summed E-state index contributed by atoms with van der Waals surface area (Å²) in [5.41, 5.74) is -1.15. The highest BCUT2D eigenvalue weighted by Crippen LogP contribution is 2.41. The number of aromatic nitrogens is 3. The second kappa shape index (κ2) is 12.5. The van der Waals surface area contributed by atoms with Crippen molar-refractivity contribution in [3.8, 4) is 23.0 Å². The van der Waals surface area contributed by atoms with Crippen molar-refractivity contribution >= 4 is 33.6 Å². The molecule has 0 spiro atoms. The van der Waals surface area contributed by atoms with Crippen molar-refractivity contribution in [3.63, 3.8) is 0 Å². The van der Waals surface area contributed by atoms with Gasteiger partial charge in [-0.25, -0.2) is 18.0 Å². The van der Waals surface area contributed by atoms with Crippen LogP contribution in [-0.2, 0) is 11.2 Å². The van der Waals surface area contributed by atoms with Gasteiger partial charge in [0, 0.05) is 30.8 Å². The second-order valence-electron chi connectivity index (χ2n) is 14.1. The number of amides is 1. The maximum atomic E-state index is 17.0. The fourth-order valence-electron chi connectivity index (χ4n) is 7.95. The zero-order valence-corrected chi connectivity index (χ0v) is 28.2. The number of halogens is 3. The monoisotopic (exact) mass is 678 g/mol. The molecule has 4 aliphatic rings. The third kappa shape index (κ3) is 5.95. The maximum Gasteiger partial charge on any atom is 0.407 e. The van der Waals surface area contributed by atoms with Crippen LogP contribution in [0.2, 0.25) is 0 Å². The summed E-state index contributed by atoms with van der Waals surface area (Å²) < 4.78 is 59.7. The van der Waals surface area contributed by atoms with E-state index in [1.54, 1.807) is 11.8 Å². The highest BCUT2D eigenvalue weighted by atomic mass is 19.1. The number of aryl methyl sites for hydroxylation is 1. The number of phenols is 1. The number of nitrogens with one attached hydrogen (secondary N) is 1. The van der Waals surface area contributed by atoms with Crippen molar-refractivity contribution in [2.45, 2.75) is 82.6 Å². The van der Waals surface area contributed by atoms with E-state index in [4.69, 9.17) is 14.5 Å². The molecular weight excluding hydrogens is 637 g/mol. The van der Waals surface area contributed by atoms with Gasteiger partial charge in [0.05, 0.1) is 29.6 Å². The molecule has 260 valence electrons. The van der Waals surface area contributed by atoms with E-state index in [9.17, 15) is 9.90 Å². The van der Waals surface area contributed by atoms with Gasteiger partial charge >= 0.3 is 12.1 Å². The molecule has 0 aliphatic carbocycles. The molecule has 8 rings (SSSR count). The van der Waals surface area contributed by atoms with Crippen molar-refractivity contribution in [1.29, 1.82) is 0 Å². The van der Waals surface area contributed by atoms with Gasteiger partial charge in [-0.3, -0.25) is 9.88 Å². The number of pyridine rings is 1. The summed E-state index contributed by atoms with van der Waals surface area (Å²) in [6.45, 7) is 6.28. The Morgan fingerprint density at radius 2 is 2.04 bits per heavy atom. The van der Waals surface area contributed by atoms with Crippen molar-refractivity contribution in [2.75, 3.05) is 38.3 Å². The lowest BCUT2D eigenvalue weighted by atomic mass is 9.90. The molecule has 4 atom stereocenters. The zero-order valence-electron chi connectivity index (χ0n) is 28.2. The number of phenolic OH excluding ortho intramolecular Hbond substituents is 1. The molecule has 6 heterocycles. The molecule has 2 aromatic carbocycles. The van der Waals surface area contributed by atoms with Gasteiger partial charge in [0.25, 0.3) is 0 Å². The van der Waals surface area contributed by atoms with Crippen LogP contribution in [0.1, 0.15) is 58.4 Å².